The highest BCUT2D eigenvalue weighted by Crippen LogP contribution is 2.20. The largest absolute Gasteiger partial charge is 0.389 e. The van der Waals surface area contributed by atoms with E-state index in [1.54, 1.807) is 18.2 Å². The number of carbonyl (C=O) groups excluding carboxylic acids is 1. The maximum Gasteiger partial charge on any atom is 0.255 e. The Morgan fingerprint density at radius 2 is 1.81 bits per heavy atom. The lowest BCUT2D eigenvalue weighted by Crippen LogP contribution is -2.19. The Hall–Kier alpha value is -2.27. The first kappa shape index (κ1) is 15.1. The smallest absolute Gasteiger partial charge is 0.255 e. The van der Waals surface area contributed by atoms with Gasteiger partial charge in [-0.15, -0.1) is 0 Å². The molecule has 108 valence electrons. The second kappa shape index (κ2) is 6.01. The molecule has 0 saturated carbocycles. The summed E-state index contributed by atoms with van der Waals surface area (Å²) in [6, 6.07) is 9.82. The van der Waals surface area contributed by atoms with E-state index in [2.05, 4.69) is 5.32 Å². The summed E-state index contributed by atoms with van der Waals surface area (Å²) in [7, 11) is 0. The molecule has 5 heteroatoms. The highest BCUT2D eigenvalue weighted by molar-refractivity contribution is 7.80. The average molecular weight is 302 g/mol. The Balaban J connectivity index is 2.36. The van der Waals surface area contributed by atoms with E-state index in [9.17, 15) is 9.18 Å². The minimum absolute atomic E-state index is 0.0465. The minimum atomic E-state index is -0.555. The number of halogens is 1. The minimum Gasteiger partial charge on any atom is -0.389 e. The molecule has 0 radical (unpaired) electrons. The second-order valence-electron chi connectivity index (χ2n) is 4.86. The van der Waals surface area contributed by atoms with Crippen molar-refractivity contribution in [3.63, 3.8) is 0 Å². The summed E-state index contributed by atoms with van der Waals surface area (Å²) in [4.78, 5) is 12.2. The highest BCUT2D eigenvalue weighted by atomic mass is 32.1. The van der Waals surface area contributed by atoms with E-state index in [0.29, 0.717) is 5.56 Å². The summed E-state index contributed by atoms with van der Waals surface area (Å²) >= 11 is 4.83. The third kappa shape index (κ3) is 3.44. The maximum absolute atomic E-state index is 13.8. The molecule has 2 rings (SSSR count). The van der Waals surface area contributed by atoms with Crippen molar-refractivity contribution in [2.75, 3.05) is 5.32 Å². The predicted molar refractivity (Wildman–Crippen MR) is 86.2 cm³/mol. The topological polar surface area (TPSA) is 55.1 Å². The molecule has 1 amide bonds. The number of nitrogens with two attached hydrogens (primary N) is 1. The molecule has 0 saturated heterocycles. The van der Waals surface area contributed by atoms with Crippen LogP contribution in [0.15, 0.2) is 36.4 Å². The second-order valence-corrected chi connectivity index (χ2v) is 5.30. The number of amides is 1. The van der Waals surface area contributed by atoms with E-state index in [4.69, 9.17) is 18.0 Å². The van der Waals surface area contributed by atoms with Crippen LogP contribution >= 0.6 is 12.2 Å². The van der Waals surface area contributed by atoms with Crippen molar-refractivity contribution in [1.82, 2.24) is 0 Å². The van der Waals surface area contributed by atoms with Gasteiger partial charge in [-0.05, 0) is 38.1 Å². The molecule has 3 N–H and O–H groups in total. The first-order valence-corrected chi connectivity index (χ1v) is 6.77. The highest BCUT2D eigenvalue weighted by Gasteiger charge is 2.14. The number of benzene rings is 2. The zero-order chi connectivity index (χ0) is 15.6. The van der Waals surface area contributed by atoms with Crippen LogP contribution < -0.4 is 11.1 Å². The van der Waals surface area contributed by atoms with E-state index in [1.165, 1.54) is 12.1 Å². The molecule has 0 aliphatic heterocycles. The zero-order valence-electron chi connectivity index (χ0n) is 11.7. The van der Waals surface area contributed by atoms with Gasteiger partial charge in [0.2, 0.25) is 0 Å². The lowest BCUT2D eigenvalue weighted by molar-refractivity contribution is 0.102. The van der Waals surface area contributed by atoms with Crippen LogP contribution in [0.4, 0.5) is 10.1 Å². The maximum atomic E-state index is 13.8. The lowest BCUT2D eigenvalue weighted by atomic mass is 10.1. The normalized spacial score (nSPS) is 10.2. The number of anilines is 1. The predicted octanol–water partition coefficient (Wildman–Crippen LogP) is 3.33. The first-order valence-electron chi connectivity index (χ1n) is 6.36. The third-order valence-electron chi connectivity index (χ3n) is 2.99. The van der Waals surface area contributed by atoms with Crippen molar-refractivity contribution < 1.29 is 9.18 Å². The summed E-state index contributed by atoms with van der Waals surface area (Å²) < 4.78 is 13.8. The molecule has 3 nitrogen and oxygen atoms in total. The first-order chi connectivity index (χ1) is 9.88. The molecule has 0 heterocycles. The zero-order valence-corrected chi connectivity index (χ0v) is 12.6. The Bertz CT molecular complexity index is 708. The molecular weight excluding hydrogens is 287 g/mol. The van der Waals surface area contributed by atoms with Gasteiger partial charge in [-0.3, -0.25) is 4.79 Å². The standard InChI is InChI=1S/C16H15FN2OS/c1-9-6-10(2)8-11(7-9)16(20)19-13-5-3-4-12(17)14(13)15(18)21/h3-8H,1-2H3,(H2,18,21)(H,19,20). The number of carbonyl (C=O) groups is 1. The number of nitrogens with one attached hydrogen (secondary N) is 1. The molecule has 0 fully saturated rings. The monoisotopic (exact) mass is 302 g/mol. The van der Waals surface area contributed by atoms with E-state index < -0.39 is 5.82 Å². The van der Waals surface area contributed by atoms with Crippen LogP contribution in [0.3, 0.4) is 0 Å². The number of hydrogen-bond acceptors (Lipinski definition) is 2. The van der Waals surface area contributed by atoms with Crippen molar-refractivity contribution in [3.8, 4) is 0 Å². The summed E-state index contributed by atoms with van der Waals surface area (Å²) in [6.07, 6.45) is 0. The van der Waals surface area contributed by atoms with Gasteiger partial charge in [0.25, 0.3) is 5.91 Å². The fourth-order valence-electron chi connectivity index (χ4n) is 2.18. The molecule has 0 aliphatic carbocycles. The van der Waals surface area contributed by atoms with Gasteiger partial charge in [0.15, 0.2) is 0 Å². The van der Waals surface area contributed by atoms with Gasteiger partial charge in [-0.2, -0.15) is 0 Å². The van der Waals surface area contributed by atoms with Gasteiger partial charge < -0.3 is 11.1 Å². The Morgan fingerprint density at radius 3 is 2.38 bits per heavy atom. The number of thiocarbonyl (C=S) groups is 1. The van der Waals surface area contributed by atoms with E-state index in [-0.39, 0.29) is 22.1 Å². The van der Waals surface area contributed by atoms with Gasteiger partial charge in [-0.25, -0.2) is 4.39 Å². The molecule has 21 heavy (non-hydrogen) atoms. The van der Waals surface area contributed by atoms with E-state index in [0.717, 1.165) is 11.1 Å². The Morgan fingerprint density at radius 1 is 1.19 bits per heavy atom. The molecule has 0 aromatic heterocycles. The quantitative estimate of drug-likeness (QED) is 0.855. The summed E-state index contributed by atoms with van der Waals surface area (Å²) in [5.74, 6) is -0.884. The molecule has 0 atom stereocenters. The molecule has 2 aromatic carbocycles. The van der Waals surface area contributed by atoms with Crippen molar-refractivity contribution in [2.45, 2.75) is 13.8 Å². The number of hydrogen-bond donors (Lipinski definition) is 2. The van der Waals surface area contributed by atoms with Gasteiger partial charge in [0.1, 0.15) is 10.8 Å². The van der Waals surface area contributed by atoms with Crippen LogP contribution in [0.5, 0.6) is 0 Å². The van der Waals surface area contributed by atoms with Gasteiger partial charge in [-0.1, -0.05) is 35.5 Å². The SMILES string of the molecule is Cc1cc(C)cc(C(=O)Nc2cccc(F)c2C(N)=S)c1. The summed E-state index contributed by atoms with van der Waals surface area (Å²) in [5, 5.41) is 2.66. The van der Waals surface area contributed by atoms with Crippen LogP contribution in [-0.4, -0.2) is 10.9 Å². The fraction of sp³-hybridized carbons (Fsp3) is 0.125. The van der Waals surface area contributed by atoms with Crippen molar-refractivity contribution >= 4 is 28.8 Å². The van der Waals surface area contributed by atoms with Gasteiger partial charge >= 0.3 is 0 Å². The Labute approximate surface area is 128 Å². The molecule has 2 aromatic rings. The number of rotatable bonds is 3. The average Bonchev–Trinajstić information content (AvgIpc) is 2.37. The van der Waals surface area contributed by atoms with Crippen LogP contribution in [0, 0.1) is 19.7 Å². The van der Waals surface area contributed by atoms with E-state index >= 15 is 0 Å². The van der Waals surface area contributed by atoms with Crippen LogP contribution in [0.2, 0.25) is 0 Å². The molecule has 0 bridgehead atoms. The number of aryl methyl sites for hydroxylation is 2. The van der Waals surface area contributed by atoms with E-state index in [1.807, 2.05) is 19.9 Å². The molecule has 0 unspecified atom stereocenters. The summed E-state index contributed by atoms with van der Waals surface area (Å²) in [6.45, 7) is 3.82. The molecule has 0 spiro atoms. The molecule has 0 aliphatic rings. The molecular formula is C16H15FN2OS. The van der Waals surface area contributed by atoms with Crippen molar-refractivity contribution in [2.24, 2.45) is 5.73 Å². The van der Waals surface area contributed by atoms with Crippen LogP contribution in [0.1, 0.15) is 27.0 Å². The Kier molecular flexibility index (Phi) is 4.33. The van der Waals surface area contributed by atoms with Crippen LogP contribution in [-0.2, 0) is 0 Å². The third-order valence-corrected chi connectivity index (χ3v) is 3.20. The van der Waals surface area contributed by atoms with Gasteiger partial charge in [0, 0.05) is 5.56 Å². The lowest BCUT2D eigenvalue weighted by Gasteiger charge is -2.11. The van der Waals surface area contributed by atoms with Gasteiger partial charge in [0.05, 0.1) is 11.3 Å². The fourth-order valence-corrected chi connectivity index (χ4v) is 2.39. The van der Waals surface area contributed by atoms with Crippen molar-refractivity contribution in [3.05, 3.63) is 64.5 Å². The van der Waals surface area contributed by atoms with Crippen molar-refractivity contribution in [1.29, 1.82) is 0 Å². The summed E-state index contributed by atoms with van der Waals surface area (Å²) in [5.41, 5.74) is 8.30. The van der Waals surface area contributed by atoms with Crippen LogP contribution in [0.25, 0.3) is 0 Å².